The maximum absolute atomic E-state index is 11.3. The second-order valence-corrected chi connectivity index (χ2v) is 10.4. The number of nitrogens with two attached hydrogens (primary N) is 4. The number of ether oxygens (including phenoxy) is 4. The van der Waals surface area contributed by atoms with E-state index in [2.05, 4.69) is 16.0 Å². The molecular formula is C21H45N7O12. The Bertz CT molecular complexity index is 807. The summed E-state index contributed by atoms with van der Waals surface area (Å²) in [6, 6.07) is -3.58. The Labute approximate surface area is 230 Å². The van der Waals surface area contributed by atoms with Crippen LogP contribution >= 0.6 is 0 Å². The number of hydrogen-bond acceptors (Lipinski definition) is 19. The smallest absolute Gasteiger partial charge is 0.187 e. The third-order valence-corrected chi connectivity index (χ3v) is 7.74. The Morgan fingerprint density at radius 1 is 0.775 bits per heavy atom. The minimum absolute atomic E-state index is 0.672. The van der Waals surface area contributed by atoms with Crippen LogP contribution in [0.5, 0.6) is 0 Å². The highest BCUT2D eigenvalue weighted by molar-refractivity contribution is 5.08. The van der Waals surface area contributed by atoms with Gasteiger partial charge in [-0.25, -0.2) is 0 Å². The molecule has 0 spiro atoms. The van der Waals surface area contributed by atoms with Gasteiger partial charge in [0.2, 0.25) is 0 Å². The van der Waals surface area contributed by atoms with Crippen LogP contribution in [0.4, 0.5) is 0 Å². The summed E-state index contributed by atoms with van der Waals surface area (Å²) in [5.41, 5.74) is 20.3. The van der Waals surface area contributed by atoms with Gasteiger partial charge < -0.3 is 88.1 Å². The fourth-order valence-corrected chi connectivity index (χ4v) is 5.41. The first kappa shape index (κ1) is 33.7. The molecule has 236 valence electrons. The Morgan fingerprint density at radius 2 is 1.35 bits per heavy atom. The fourth-order valence-electron chi connectivity index (χ4n) is 5.41. The van der Waals surface area contributed by atoms with Crippen molar-refractivity contribution in [1.82, 2.24) is 16.0 Å². The quantitative estimate of drug-likeness (QED) is 0.0997. The molecule has 0 aromatic carbocycles. The Balaban J connectivity index is 1.92. The van der Waals surface area contributed by atoms with E-state index in [1.165, 1.54) is 14.0 Å². The monoisotopic (exact) mass is 587 g/mol. The molecule has 0 radical (unpaired) electrons. The van der Waals surface area contributed by atoms with Gasteiger partial charge in [-0.1, -0.05) is 0 Å². The fraction of sp³-hybridized carbons (Fsp3) is 1.00. The van der Waals surface area contributed by atoms with Gasteiger partial charge in [-0.15, -0.1) is 0 Å². The summed E-state index contributed by atoms with van der Waals surface area (Å²) in [4.78, 5) is 0. The van der Waals surface area contributed by atoms with Crippen molar-refractivity contribution in [3.05, 3.63) is 0 Å². The van der Waals surface area contributed by atoms with E-state index in [1.54, 1.807) is 0 Å². The van der Waals surface area contributed by atoms with Gasteiger partial charge in [0.1, 0.15) is 60.9 Å². The van der Waals surface area contributed by atoms with Gasteiger partial charge in [0.25, 0.3) is 0 Å². The molecular weight excluding hydrogens is 542 g/mol. The molecule has 15 atom stereocenters. The van der Waals surface area contributed by atoms with Crippen molar-refractivity contribution in [3.8, 4) is 0 Å². The highest BCUT2D eigenvalue weighted by Crippen LogP contribution is 2.38. The maximum Gasteiger partial charge on any atom is 0.187 e. The van der Waals surface area contributed by atoms with Gasteiger partial charge in [-0.2, -0.15) is 0 Å². The zero-order valence-electron chi connectivity index (χ0n) is 22.2. The van der Waals surface area contributed by atoms with Crippen molar-refractivity contribution in [2.45, 2.75) is 111 Å². The van der Waals surface area contributed by atoms with Gasteiger partial charge in [-0.3, -0.25) is 10.6 Å². The van der Waals surface area contributed by atoms with Gasteiger partial charge in [-0.05, 0) is 14.0 Å². The molecule has 1 aliphatic carbocycles. The summed E-state index contributed by atoms with van der Waals surface area (Å²) in [6.07, 6.45) is -18.7. The topological polar surface area (TPSA) is 339 Å². The van der Waals surface area contributed by atoms with E-state index in [-0.39, 0.29) is 0 Å². The van der Waals surface area contributed by atoms with E-state index in [0.717, 1.165) is 0 Å². The molecule has 2 saturated heterocycles. The van der Waals surface area contributed by atoms with Gasteiger partial charge in [0.15, 0.2) is 12.6 Å². The van der Waals surface area contributed by atoms with Crippen molar-refractivity contribution in [2.24, 2.45) is 22.9 Å². The molecule has 19 N–H and O–H groups in total. The number of rotatable bonds is 11. The molecule has 2 heterocycles. The average Bonchev–Trinajstić information content (AvgIpc) is 3.13. The molecule has 0 unspecified atom stereocenters. The molecule has 3 aliphatic rings. The van der Waals surface area contributed by atoms with Crippen LogP contribution in [0.25, 0.3) is 0 Å². The standard InChI is InChI=1S/C21H45N7O12/c1-5-21(36,4-30)16(40-17-9(26-2)13(34)10(31)6(3-29)38-17)18(37-5)39-15-8(28-20(24)25)11(32)7(27-19(22)23)12(33)14(15)35/h5-20,26-36H,3-4,22-25H2,1-2H3/t5-,6-,7+,8-,9-,10-,11+,12-,13-,14+,15+,16-,17-,18-,21+/m0/s1. The molecule has 19 nitrogen and oxygen atoms in total. The lowest BCUT2D eigenvalue weighted by molar-refractivity contribution is -0.318. The zero-order valence-corrected chi connectivity index (χ0v) is 22.2. The predicted molar refractivity (Wildman–Crippen MR) is 133 cm³/mol. The molecule has 0 aromatic rings. The van der Waals surface area contributed by atoms with Crippen molar-refractivity contribution in [3.63, 3.8) is 0 Å². The second kappa shape index (κ2) is 13.7. The SMILES string of the molecule is CN[C@@H]1[C@H](O[C@H]2[C@H](O[C@H]3[C@H](O)[C@@H](O)[C@H](NC(N)N)[C@@H](O)[C@@H]3NC(N)N)O[C@@H](C)[C@]2(O)CO)O[C@@H](CO)[C@H](O)[C@H]1O. The van der Waals surface area contributed by atoms with Crippen molar-refractivity contribution >= 4 is 0 Å². The third-order valence-electron chi connectivity index (χ3n) is 7.74. The molecule has 3 rings (SSSR count). The van der Waals surface area contributed by atoms with Crippen LogP contribution < -0.4 is 38.9 Å². The Morgan fingerprint density at radius 3 is 1.88 bits per heavy atom. The normalized spacial score (nSPS) is 48.3. The summed E-state index contributed by atoms with van der Waals surface area (Å²) >= 11 is 0. The third kappa shape index (κ3) is 6.58. The van der Waals surface area contributed by atoms with Crippen LogP contribution in [0.1, 0.15) is 6.92 Å². The summed E-state index contributed by atoms with van der Waals surface area (Å²) in [6.45, 7) is -0.148. The lowest BCUT2D eigenvalue weighted by Crippen LogP contribution is -2.75. The van der Waals surface area contributed by atoms with E-state index < -0.39 is 117 Å². The van der Waals surface area contributed by atoms with Crippen LogP contribution in [0, 0.1) is 0 Å². The van der Waals surface area contributed by atoms with Crippen LogP contribution in [-0.4, -0.2) is 165 Å². The highest BCUT2D eigenvalue weighted by Gasteiger charge is 2.60. The lowest BCUT2D eigenvalue weighted by atomic mass is 9.81. The van der Waals surface area contributed by atoms with Crippen LogP contribution in [0.15, 0.2) is 0 Å². The number of nitrogens with one attached hydrogen (secondary N) is 3. The minimum Gasteiger partial charge on any atom is -0.394 e. The van der Waals surface area contributed by atoms with Crippen LogP contribution in [0.3, 0.4) is 0 Å². The van der Waals surface area contributed by atoms with Crippen LogP contribution in [0.2, 0.25) is 0 Å². The number of likely N-dealkylation sites (N-methyl/N-ethyl adjacent to an activating group) is 1. The summed E-state index contributed by atoms with van der Waals surface area (Å²) in [7, 11) is 1.45. The summed E-state index contributed by atoms with van der Waals surface area (Å²) in [5.74, 6) is 0. The molecule has 3 fully saturated rings. The predicted octanol–water partition coefficient (Wildman–Crippen LogP) is -9.33. The molecule has 0 bridgehead atoms. The van der Waals surface area contributed by atoms with E-state index in [1.807, 2.05) is 0 Å². The van der Waals surface area contributed by atoms with E-state index in [9.17, 15) is 40.9 Å². The maximum atomic E-state index is 11.3. The van der Waals surface area contributed by atoms with Crippen LogP contribution in [-0.2, 0) is 18.9 Å². The van der Waals surface area contributed by atoms with Gasteiger partial charge in [0.05, 0.1) is 43.5 Å². The minimum atomic E-state index is -2.12. The van der Waals surface area contributed by atoms with Gasteiger partial charge in [0, 0.05) is 0 Å². The molecule has 1 saturated carbocycles. The number of aliphatic hydroxyl groups is 8. The highest BCUT2D eigenvalue weighted by atomic mass is 16.8. The number of hydrogen-bond donors (Lipinski definition) is 15. The molecule has 0 amide bonds. The van der Waals surface area contributed by atoms with Crippen molar-refractivity contribution in [1.29, 1.82) is 0 Å². The zero-order chi connectivity index (χ0) is 30.1. The largest absolute Gasteiger partial charge is 0.394 e. The molecule has 0 aromatic heterocycles. The number of aliphatic hydroxyl groups excluding tert-OH is 7. The van der Waals surface area contributed by atoms with Crippen molar-refractivity contribution < 1.29 is 59.8 Å². The van der Waals surface area contributed by atoms with E-state index in [4.69, 9.17) is 41.9 Å². The van der Waals surface area contributed by atoms with Crippen molar-refractivity contribution in [2.75, 3.05) is 20.3 Å². The van der Waals surface area contributed by atoms with Gasteiger partial charge >= 0.3 is 0 Å². The van der Waals surface area contributed by atoms with E-state index >= 15 is 0 Å². The Kier molecular flexibility index (Phi) is 11.5. The first-order chi connectivity index (χ1) is 18.7. The summed E-state index contributed by atoms with van der Waals surface area (Å²) < 4.78 is 23.3. The molecule has 19 heteroatoms. The average molecular weight is 588 g/mol. The first-order valence-electron chi connectivity index (χ1n) is 12.9. The Hall–Kier alpha value is -0.760. The molecule has 40 heavy (non-hydrogen) atoms. The molecule has 2 aliphatic heterocycles. The lowest BCUT2D eigenvalue weighted by Gasteiger charge is -2.48. The first-order valence-corrected chi connectivity index (χ1v) is 12.9. The second-order valence-electron chi connectivity index (χ2n) is 10.4. The summed E-state index contributed by atoms with van der Waals surface area (Å²) in [5, 5.41) is 92.5. The van der Waals surface area contributed by atoms with E-state index in [0.29, 0.717) is 0 Å².